The molecule has 2 aromatic carbocycles. The van der Waals surface area contributed by atoms with E-state index >= 15 is 0 Å². The molecule has 0 radical (unpaired) electrons. The predicted octanol–water partition coefficient (Wildman–Crippen LogP) is 3.76. The lowest BCUT2D eigenvalue weighted by Crippen LogP contribution is -2.29. The average molecular weight is 353 g/mol. The summed E-state index contributed by atoms with van der Waals surface area (Å²) in [4.78, 5) is 0. The van der Waals surface area contributed by atoms with E-state index in [4.69, 9.17) is 10.5 Å². The molecule has 0 heterocycles. The van der Waals surface area contributed by atoms with Gasteiger partial charge in [-0.2, -0.15) is 0 Å². The molecule has 94 valence electrons. The Kier molecular flexibility index (Phi) is 4.60. The first-order chi connectivity index (χ1) is 8.66. The minimum atomic E-state index is -0.121. The molecule has 2 nitrogen and oxygen atoms in total. The summed E-state index contributed by atoms with van der Waals surface area (Å²) >= 11 is 2.27. The third-order valence-electron chi connectivity index (χ3n) is 2.66. The maximum atomic E-state index is 6.03. The molecule has 2 rings (SSSR count). The highest BCUT2D eigenvalue weighted by atomic mass is 127. The summed E-state index contributed by atoms with van der Waals surface area (Å²) in [5.41, 5.74) is 7.13. The van der Waals surface area contributed by atoms with Crippen molar-refractivity contribution in [1.29, 1.82) is 0 Å². The first kappa shape index (κ1) is 13.4. The van der Waals surface area contributed by atoms with Crippen molar-refractivity contribution in [3.8, 4) is 5.75 Å². The van der Waals surface area contributed by atoms with Crippen LogP contribution in [-0.2, 0) is 0 Å². The van der Waals surface area contributed by atoms with Crippen LogP contribution < -0.4 is 10.5 Å². The molecule has 0 aliphatic heterocycles. The zero-order valence-corrected chi connectivity index (χ0v) is 12.4. The summed E-state index contributed by atoms with van der Waals surface area (Å²) in [6.45, 7) is 1.96. The molecule has 3 heteroatoms. The van der Waals surface area contributed by atoms with Crippen LogP contribution >= 0.6 is 22.6 Å². The lowest BCUT2D eigenvalue weighted by molar-refractivity contribution is 0.180. The summed E-state index contributed by atoms with van der Waals surface area (Å²) in [7, 11) is 0. The molecular weight excluding hydrogens is 337 g/mol. The Balaban J connectivity index is 2.22. The van der Waals surface area contributed by atoms with E-state index in [1.54, 1.807) is 0 Å². The zero-order chi connectivity index (χ0) is 13.0. The highest BCUT2D eigenvalue weighted by Gasteiger charge is 2.17. The van der Waals surface area contributed by atoms with Crippen molar-refractivity contribution in [3.05, 3.63) is 63.7 Å². The second-order valence-electron chi connectivity index (χ2n) is 4.27. The van der Waals surface area contributed by atoms with Gasteiger partial charge in [0.25, 0.3) is 0 Å². The van der Waals surface area contributed by atoms with E-state index in [2.05, 4.69) is 22.6 Å². The van der Waals surface area contributed by atoms with Crippen LogP contribution in [-0.4, -0.2) is 6.04 Å². The maximum absolute atomic E-state index is 6.03. The van der Waals surface area contributed by atoms with Gasteiger partial charge in [-0.05, 0) is 53.3 Å². The fourth-order valence-electron chi connectivity index (χ4n) is 1.81. The van der Waals surface area contributed by atoms with Crippen LogP contribution in [0, 0.1) is 3.57 Å². The highest BCUT2D eigenvalue weighted by Crippen LogP contribution is 2.25. The lowest BCUT2D eigenvalue weighted by atomic mass is 10.0. The fraction of sp³-hybridized carbons (Fsp3) is 0.200. The number of nitrogens with two attached hydrogens (primary N) is 1. The molecule has 0 aliphatic rings. The van der Waals surface area contributed by atoms with Gasteiger partial charge in [0, 0.05) is 9.61 Å². The molecule has 0 saturated heterocycles. The predicted molar refractivity (Wildman–Crippen MR) is 82.6 cm³/mol. The van der Waals surface area contributed by atoms with Crippen LogP contribution in [0.25, 0.3) is 0 Å². The minimum Gasteiger partial charge on any atom is -0.484 e. The molecule has 0 bridgehead atoms. The second kappa shape index (κ2) is 6.20. The lowest BCUT2D eigenvalue weighted by Gasteiger charge is -2.23. The smallest absolute Gasteiger partial charge is 0.138 e. The number of benzene rings is 2. The Morgan fingerprint density at radius 2 is 1.78 bits per heavy atom. The summed E-state index contributed by atoms with van der Waals surface area (Å²) in [5, 5.41) is 0. The molecule has 0 aliphatic carbocycles. The summed E-state index contributed by atoms with van der Waals surface area (Å²) in [6, 6.07) is 18.0. The van der Waals surface area contributed by atoms with Crippen LogP contribution in [0.2, 0.25) is 0 Å². The van der Waals surface area contributed by atoms with Crippen molar-refractivity contribution in [2.75, 3.05) is 0 Å². The van der Waals surface area contributed by atoms with Crippen LogP contribution in [0.4, 0.5) is 0 Å². The van der Waals surface area contributed by atoms with E-state index in [0.29, 0.717) is 0 Å². The molecule has 18 heavy (non-hydrogen) atoms. The molecule has 0 spiro atoms. The molecule has 0 aromatic heterocycles. The standard InChI is InChI=1S/C15H16INO/c1-11(17)15(12-6-3-2-4-7-12)18-14-9-5-8-13(16)10-14/h2-11,15H,17H2,1H3. The van der Waals surface area contributed by atoms with Crippen molar-refractivity contribution in [2.45, 2.75) is 19.1 Å². The Hall–Kier alpha value is -1.07. The molecule has 2 N–H and O–H groups in total. The number of halogens is 1. The highest BCUT2D eigenvalue weighted by molar-refractivity contribution is 14.1. The summed E-state index contributed by atoms with van der Waals surface area (Å²) in [6.07, 6.45) is -0.121. The van der Waals surface area contributed by atoms with Crippen molar-refractivity contribution in [2.24, 2.45) is 5.73 Å². The van der Waals surface area contributed by atoms with Crippen LogP contribution in [0.15, 0.2) is 54.6 Å². The number of hydrogen-bond donors (Lipinski definition) is 1. The van der Waals surface area contributed by atoms with Gasteiger partial charge in [-0.15, -0.1) is 0 Å². The third-order valence-corrected chi connectivity index (χ3v) is 3.34. The fourth-order valence-corrected chi connectivity index (χ4v) is 2.32. The van der Waals surface area contributed by atoms with E-state index in [9.17, 15) is 0 Å². The Bertz CT molecular complexity index is 499. The molecular formula is C15H16INO. The molecule has 0 fully saturated rings. The normalized spacial score (nSPS) is 13.9. The van der Waals surface area contributed by atoms with Crippen LogP contribution in [0.5, 0.6) is 5.75 Å². The van der Waals surface area contributed by atoms with E-state index in [1.807, 2.05) is 61.5 Å². The number of ether oxygens (including phenoxy) is 1. The molecule has 2 atom stereocenters. The molecule has 2 aromatic rings. The largest absolute Gasteiger partial charge is 0.484 e. The minimum absolute atomic E-state index is 0.0646. The van der Waals surface area contributed by atoms with Crippen LogP contribution in [0.1, 0.15) is 18.6 Å². The van der Waals surface area contributed by atoms with E-state index in [0.717, 1.165) is 14.9 Å². The third kappa shape index (κ3) is 3.46. The average Bonchev–Trinajstić information content (AvgIpc) is 2.37. The summed E-state index contributed by atoms with van der Waals surface area (Å²) in [5.74, 6) is 0.855. The van der Waals surface area contributed by atoms with Gasteiger partial charge in [-0.1, -0.05) is 36.4 Å². The maximum Gasteiger partial charge on any atom is 0.138 e. The van der Waals surface area contributed by atoms with Crippen molar-refractivity contribution in [1.82, 2.24) is 0 Å². The topological polar surface area (TPSA) is 35.2 Å². The molecule has 0 amide bonds. The van der Waals surface area contributed by atoms with Gasteiger partial charge in [0.1, 0.15) is 11.9 Å². The quantitative estimate of drug-likeness (QED) is 0.850. The molecule has 2 unspecified atom stereocenters. The van der Waals surface area contributed by atoms with Gasteiger partial charge in [0.05, 0.1) is 0 Å². The van der Waals surface area contributed by atoms with Gasteiger partial charge < -0.3 is 10.5 Å². The van der Waals surface area contributed by atoms with Gasteiger partial charge in [0.15, 0.2) is 0 Å². The Labute approximate surface area is 121 Å². The first-order valence-corrected chi connectivity index (χ1v) is 6.97. The second-order valence-corrected chi connectivity index (χ2v) is 5.51. The Morgan fingerprint density at radius 3 is 2.39 bits per heavy atom. The first-order valence-electron chi connectivity index (χ1n) is 5.89. The Morgan fingerprint density at radius 1 is 1.06 bits per heavy atom. The summed E-state index contributed by atoms with van der Waals surface area (Å²) < 4.78 is 7.17. The van der Waals surface area contributed by atoms with E-state index in [-0.39, 0.29) is 12.1 Å². The van der Waals surface area contributed by atoms with Gasteiger partial charge in [-0.3, -0.25) is 0 Å². The van der Waals surface area contributed by atoms with Gasteiger partial charge in [0.2, 0.25) is 0 Å². The van der Waals surface area contributed by atoms with E-state index in [1.165, 1.54) is 0 Å². The van der Waals surface area contributed by atoms with Gasteiger partial charge >= 0.3 is 0 Å². The molecule has 0 saturated carbocycles. The van der Waals surface area contributed by atoms with Crippen LogP contribution in [0.3, 0.4) is 0 Å². The van der Waals surface area contributed by atoms with Crippen molar-refractivity contribution < 1.29 is 4.74 Å². The van der Waals surface area contributed by atoms with Crippen molar-refractivity contribution >= 4 is 22.6 Å². The number of rotatable bonds is 4. The SMILES string of the molecule is CC(N)C(Oc1cccc(I)c1)c1ccccc1. The number of hydrogen-bond acceptors (Lipinski definition) is 2. The van der Waals surface area contributed by atoms with Crippen molar-refractivity contribution in [3.63, 3.8) is 0 Å². The monoisotopic (exact) mass is 353 g/mol. The zero-order valence-electron chi connectivity index (χ0n) is 10.2. The van der Waals surface area contributed by atoms with E-state index < -0.39 is 0 Å². The van der Waals surface area contributed by atoms with Gasteiger partial charge in [-0.25, -0.2) is 0 Å².